The molecule has 1 amide bonds. The van der Waals surface area contributed by atoms with E-state index in [1.54, 1.807) is 24.3 Å². The van der Waals surface area contributed by atoms with Crippen LogP contribution < -0.4 is 5.32 Å². The Kier molecular flexibility index (Phi) is 6.87. The molecule has 2 aromatic carbocycles. The summed E-state index contributed by atoms with van der Waals surface area (Å²) in [5.74, 6) is -0.128. The molecule has 9 nitrogen and oxygen atoms in total. The molecule has 1 aliphatic heterocycles. The molecule has 0 unspecified atom stereocenters. The molecule has 2 fully saturated rings. The van der Waals surface area contributed by atoms with Crippen LogP contribution in [0.5, 0.6) is 0 Å². The van der Waals surface area contributed by atoms with Gasteiger partial charge in [-0.2, -0.15) is 8.61 Å². The summed E-state index contributed by atoms with van der Waals surface area (Å²) in [6.07, 6.45) is 2.01. The highest BCUT2D eigenvalue weighted by Crippen LogP contribution is 2.23. The van der Waals surface area contributed by atoms with Crippen molar-refractivity contribution in [1.82, 2.24) is 13.9 Å². The van der Waals surface area contributed by atoms with Crippen LogP contribution >= 0.6 is 0 Å². The third-order valence-electron chi connectivity index (χ3n) is 5.67. The summed E-state index contributed by atoms with van der Waals surface area (Å²) in [7, 11) is -6.07. The lowest BCUT2D eigenvalue weighted by Gasteiger charge is -2.26. The Morgan fingerprint density at radius 1 is 0.970 bits per heavy atom. The first kappa shape index (κ1) is 23.8. The molecular formula is C22H27N3O6S2. The lowest BCUT2D eigenvalue weighted by atomic mass is 10.1. The van der Waals surface area contributed by atoms with Gasteiger partial charge in [0, 0.05) is 38.3 Å². The van der Waals surface area contributed by atoms with E-state index in [0.717, 1.165) is 18.4 Å². The number of morpholine rings is 1. The van der Waals surface area contributed by atoms with Crippen molar-refractivity contribution in [2.75, 3.05) is 33.4 Å². The SMILES string of the molecule is CN(Cc1ccc(C(=O)NC2CC2)cc1)S(=O)(=O)c1ccc(S(=O)(=O)N2CCOCC2)cc1. The first-order valence-corrected chi connectivity index (χ1v) is 13.6. The van der Waals surface area contributed by atoms with Gasteiger partial charge in [0.25, 0.3) is 5.91 Å². The molecule has 0 aromatic heterocycles. The molecule has 11 heteroatoms. The quantitative estimate of drug-likeness (QED) is 0.595. The fourth-order valence-electron chi connectivity index (χ4n) is 3.50. The zero-order chi connectivity index (χ0) is 23.6. The van der Waals surface area contributed by atoms with E-state index in [-0.39, 0.29) is 41.4 Å². The van der Waals surface area contributed by atoms with Crippen LogP contribution in [0.15, 0.2) is 58.3 Å². The molecule has 1 saturated heterocycles. The molecule has 0 spiro atoms. The van der Waals surface area contributed by atoms with Crippen LogP contribution in [0.25, 0.3) is 0 Å². The summed E-state index contributed by atoms with van der Waals surface area (Å²) in [6.45, 7) is 1.32. The number of sulfonamides is 2. The number of hydrogen-bond acceptors (Lipinski definition) is 6. The maximum absolute atomic E-state index is 13.0. The molecule has 4 rings (SSSR count). The van der Waals surface area contributed by atoms with Crippen LogP contribution in [0.1, 0.15) is 28.8 Å². The lowest BCUT2D eigenvalue weighted by Crippen LogP contribution is -2.40. The smallest absolute Gasteiger partial charge is 0.251 e. The molecule has 1 N–H and O–H groups in total. The Labute approximate surface area is 194 Å². The molecule has 0 bridgehead atoms. The van der Waals surface area contributed by atoms with Gasteiger partial charge in [-0.1, -0.05) is 12.1 Å². The fourth-order valence-corrected chi connectivity index (χ4v) is 6.07. The van der Waals surface area contributed by atoms with Crippen molar-refractivity contribution in [3.8, 4) is 0 Å². The Morgan fingerprint density at radius 2 is 1.55 bits per heavy atom. The topological polar surface area (TPSA) is 113 Å². The molecular weight excluding hydrogens is 466 g/mol. The highest BCUT2D eigenvalue weighted by atomic mass is 32.2. The third-order valence-corrected chi connectivity index (χ3v) is 9.40. The highest BCUT2D eigenvalue weighted by molar-refractivity contribution is 7.89. The standard InChI is InChI=1S/C22H27N3O6S2/c1-24(16-17-2-4-18(5-3-17)22(26)23-19-6-7-19)32(27,28)20-8-10-21(11-9-20)33(29,30)25-12-14-31-15-13-25/h2-5,8-11,19H,6-7,12-16H2,1H3,(H,23,26). The number of hydrogen-bond donors (Lipinski definition) is 1. The molecule has 0 atom stereocenters. The van der Waals surface area contributed by atoms with E-state index in [9.17, 15) is 21.6 Å². The van der Waals surface area contributed by atoms with Gasteiger partial charge in [-0.3, -0.25) is 4.79 Å². The largest absolute Gasteiger partial charge is 0.379 e. The molecule has 2 aromatic rings. The molecule has 2 aliphatic rings. The number of nitrogens with zero attached hydrogens (tertiary/aromatic N) is 2. The summed E-state index contributed by atoms with van der Waals surface area (Å²) in [5.41, 5.74) is 1.27. The van der Waals surface area contributed by atoms with E-state index in [1.807, 2.05) is 0 Å². The second kappa shape index (κ2) is 9.51. The molecule has 1 aliphatic carbocycles. The normalized spacial score (nSPS) is 17.8. The second-order valence-corrected chi connectivity index (χ2v) is 12.2. The summed E-state index contributed by atoms with van der Waals surface area (Å²) in [6, 6.07) is 12.3. The molecule has 1 heterocycles. The zero-order valence-corrected chi connectivity index (χ0v) is 19.9. The van der Waals surface area contributed by atoms with E-state index >= 15 is 0 Å². The van der Waals surface area contributed by atoms with Gasteiger partial charge in [-0.05, 0) is 54.8 Å². The number of carbonyl (C=O) groups is 1. The van der Waals surface area contributed by atoms with Gasteiger partial charge in [-0.15, -0.1) is 0 Å². The van der Waals surface area contributed by atoms with Gasteiger partial charge in [0.15, 0.2) is 0 Å². The molecule has 0 radical (unpaired) electrons. The Morgan fingerprint density at radius 3 is 2.12 bits per heavy atom. The maximum Gasteiger partial charge on any atom is 0.251 e. The fraction of sp³-hybridized carbons (Fsp3) is 0.409. The van der Waals surface area contributed by atoms with Crippen LogP contribution in [-0.4, -0.2) is 70.7 Å². The average Bonchev–Trinajstić information content (AvgIpc) is 3.64. The first-order valence-electron chi connectivity index (χ1n) is 10.7. The predicted octanol–water partition coefficient (Wildman–Crippen LogP) is 1.42. The number of rotatable bonds is 8. The minimum atomic E-state index is -3.83. The number of benzene rings is 2. The number of amides is 1. The molecule has 178 valence electrons. The van der Waals surface area contributed by atoms with Gasteiger partial charge in [0.05, 0.1) is 23.0 Å². The van der Waals surface area contributed by atoms with E-state index in [2.05, 4.69) is 5.32 Å². The number of nitrogens with one attached hydrogen (secondary N) is 1. The van der Waals surface area contributed by atoms with E-state index in [1.165, 1.54) is 39.9 Å². The lowest BCUT2D eigenvalue weighted by molar-refractivity contribution is 0.0730. The minimum absolute atomic E-state index is 0.00589. The average molecular weight is 494 g/mol. The number of ether oxygens (including phenoxy) is 1. The van der Waals surface area contributed by atoms with Gasteiger partial charge in [-0.25, -0.2) is 16.8 Å². The van der Waals surface area contributed by atoms with Crippen molar-refractivity contribution in [2.24, 2.45) is 0 Å². The van der Waals surface area contributed by atoms with Crippen LogP contribution in [-0.2, 0) is 31.3 Å². The third kappa shape index (κ3) is 5.44. The molecule has 33 heavy (non-hydrogen) atoms. The Bertz CT molecular complexity index is 1200. The monoisotopic (exact) mass is 493 g/mol. The number of carbonyl (C=O) groups excluding carboxylic acids is 1. The van der Waals surface area contributed by atoms with Crippen molar-refractivity contribution >= 4 is 26.0 Å². The van der Waals surface area contributed by atoms with Crippen molar-refractivity contribution in [3.63, 3.8) is 0 Å². The first-order chi connectivity index (χ1) is 15.7. The zero-order valence-electron chi connectivity index (χ0n) is 18.3. The minimum Gasteiger partial charge on any atom is -0.379 e. The summed E-state index contributed by atoms with van der Waals surface area (Å²) >= 11 is 0. The Balaban J connectivity index is 1.43. The van der Waals surface area contributed by atoms with Crippen LogP contribution in [0.3, 0.4) is 0 Å². The van der Waals surface area contributed by atoms with Gasteiger partial charge in [0.1, 0.15) is 0 Å². The van der Waals surface area contributed by atoms with E-state index in [0.29, 0.717) is 18.8 Å². The van der Waals surface area contributed by atoms with Crippen molar-refractivity contribution in [2.45, 2.75) is 35.2 Å². The van der Waals surface area contributed by atoms with Crippen LogP contribution in [0, 0.1) is 0 Å². The second-order valence-electron chi connectivity index (χ2n) is 8.19. The predicted molar refractivity (Wildman–Crippen MR) is 122 cm³/mol. The van der Waals surface area contributed by atoms with E-state index in [4.69, 9.17) is 4.74 Å². The summed E-state index contributed by atoms with van der Waals surface area (Å²) < 4.78 is 59.2. The van der Waals surface area contributed by atoms with Crippen LogP contribution in [0.2, 0.25) is 0 Å². The maximum atomic E-state index is 13.0. The summed E-state index contributed by atoms with van der Waals surface area (Å²) in [4.78, 5) is 12.2. The van der Waals surface area contributed by atoms with E-state index < -0.39 is 20.0 Å². The van der Waals surface area contributed by atoms with Crippen molar-refractivity contribution < 1.29 is 26.4 Å². The van der Waals surface area contributed by atoms with Gasteiger partial charge in [0.2, 0.25) is 20.0 Å². The van der Waals surface area contributed by atoms with Crippen molar-refractivity contribution in [1.29, 1.82) is 0 Å². The van der Waals surface area contributed by atoms with Gasteiger partial charge >= 0.3 is 0 Å². The highest BCUT2D eigenvalue weighted by Gasteiger charge is 2.28. The van der Waals surface area contributed by atoms with Gasteiger partial charge < -0.3 is 10.1 Å². The van der Waals surface area contributed by atoms with Crippen molar-refractivity contribution in [3.05, 3.63) is 59.7 Å². The Hall–Kier alpha value is -2.31. The summed E-state index contributed by atoms with van der Waals surface area (Å²) in [5, 5.41) is 2.91. The molecule has 1 saturated carbocycles. The van der Waals surface area contributed by atoms with Crippen LogP contribution in [0.4, 0.5) is 0 Å².